The fourth-order valence-electron chi connectivity index (χ4n) is 1.68. The first-order valence-electron chi connectivity index (χ1n) is 5.81. The molecule has 2 rings (SSSR count). The van der Waals surface area contributed by atoms with Gasteiger partial charge in [-0.15, -0.1) is 11.3 Å². The van der Waals surface area contributed by atoms with Crippen molar-refractivity contribution in [3.63, 3.8) is 0 Å². The van der Waals surface area contributed by atoms with E-state index in [4.69, 9.17) is 0 Å². The van der Waals surface area contributed by atoms with Crippen LogP contribution in [0, 0.1) is 0 Å². The minimum absolute atomic E-state index is 0.347. The van der Waals surface area contributed by atoms with Gasteiger partial charge in [0.1, 0.15) is 0 Å². The number of H-pyrrole nitrogens is 1. The molecular formula is C11H16N4O2S2. The summed E-state index contributed by atoms with van der Waals surface area (Å²) in [4.78, 5) is 8.00. The first kappa shape index (κ1) is 14.2. The van der Waals surface area contributed by atoms with E-state index in [9.17, 15) is 8.42 Å². The topological polar surface area (TPSA) is 86.9 Å². The second-order valence-electron chi connectivity index (χ2n) is 3.96. The lowest BCUT2D eigenvalue weighted by molar-refractivity contribution is 0.580. The summed E-state index contributed by atoms with van der Waals surface area (Å²) >= 11 is 1.43. The van der Waals surface area contributed by atoms with E-state index in [1.165, 1.54) is 11.3 Å². The van der Waals surface area contributed by atoms with Crippen LogP contribution in [0.1, 0.15) is 10.6 Å². The Balaban J connectivity index is 1.99. The zero-order valence-corrected chi connectivity index (χ0v) is 12.1. The molecule has 0 unspecified atom stereocenters. The molecule has 0 radical (unpaired) electrons. The SMILES string of the molecule is CNCc1sccc1S(=O)(=O)NCCc1cnc[nH]1. The summed E-state index contributed by atoms with van der Waals surface area (Å²) in [6.07, 6.45) is 3.85. The Morgan fingerprint density at radius 2 is 2.32 bits per heavy atom. The fraction of sp³-hybridized carbons (Fsp3) is 0.364. The highest BCUT2D eigenvalue weighted by atomic mass is 32.2. The molecule has 3 N–H and O–H groups in total. The summed E-state index contributed by atoms with van der Waals surface area (Å²) in [7, 11) is -1.64. The minimum Gasteiger partial charge on any atom is -0.348 e. The number of sulfonamides is 1. The lowest BCUT2D eigenvalue weighted by Crippen LogP contribution is -2.26. The Hall–Kier alpha value is -1.22. The largest absolute Gasteiger partial charge is 0.348 e. The van der Waals surface area contributed by atoms with Crippen LogP contribution >= 0.6 is 11.3 Å². The molecule has 0 aliphatic carbocycles. The minimum atomic E-state index is -3.44. The van der Waals surface area contributed by atoms with Gasteiger partial charge in [0.2, 0.25) is 10.0 Å². The lowest BCUT2D eigenvalue weighted by Gasteiger charge is -2.07. The number of aromatic amines is 1. The van der Waals surface area contributed by atoms with Crippen molar-refractivity contribution in [1.82, 2.24) is 20.0 Å². The Morgan fingerprint density at radius 3 is 3.00 bits per heavy atom. The average molecular weight is 300 g/mol. The van der Waals surface area contributed by atoms with Crippen LogP contribution in [0.25, 0.3) is 0 Å². The van der Waals surface area contributed by atoms with E-state index >= 15 is 0 Å². The van der Waals surface area contributed by atoms with Crippen molar-refractivity contribution in [2.75, 3.05) is 13.6 Å². The number of nitrogens with one attached hydrogen (secondary N) is 3. The molecule has 8 heteroatoms. The third-order valence-corrected chi connectivity index (χ3v) is 5.17. The standard InChI is InChI=1S/C11H16N4O2S2/c1-12-7-10-11(3-5-18-10)19(16,17)15-4-2-9-6-13-8-14-9/h3,5-6,8,12,15H,2,4,7H2,1H3,(H,13,14). The molecule has 104 valence electrons. The van der Waals surface area contributed by atoms with Gasteiger partial charge in [-0.1, -0.05) is 0 Å². The van der Waals surface area contributed by atoms with Gasteiger partial charge < -0.3 is 10.3 Å². The number of nitrogens with zero attached hydrogens (tertiary/aromatic N) is 1. The van der Waals surface area contributed by atoms with Gasteiger partial charge in [-0.25, -0.2) is 18.1 Å². The molecule has 0 aliphatic rings. The lowest BCUT2D eigenvalue weighted by atomic mass is 10.3. The van der Waals surface area contributed by atoms with Crippen LogP contribution in [0.2, 0.25) is 0 Å². The van der Waals surface area contributed by atoms with Crippen molar-refractivity contribution < 1.29 is 8.42 Å². The van der Waals surface area contributed by atoms with Gasteiger partial charge in [0.25, 0.3) is 0 Å². The Bertz CT molecular complexity index is 604. The van der Waals surface area contributed by atoms with Crippen LogP contribution in [-0.2, 0) is 23.0 Å². The molecule has 2 aromatic heterocycles. The molecule has 2 aromatic rings. The monoisotopic (exact) mass is 300 g/mol. The van der Waals surface area contributed by atoms with Crippen LogP contribution < -0.4 is 10.0 Å². The summed E-state index contributed by atoms with van der Waals surface area (Å²) in [5.41, 5.74) is 0.906. The van der Waals surface area contributed by atoms with E-state index < -0.39 is 10.0 Å². The van der Waals surface area contributed by atoms with E-state index in [1.807, 2.05) is 0 Å². The van der Waals surface area contributed by atoms with Gasteiger partial charge in [0, 0.05) is 36.3 Å². The molecule has 0 fully saturated rings. The second kappa shape index (κ2) is 6.29. The molecule has 2 heterocycles. The van der Waals surface area contributed by atoms with E-state index in [1.54, 1.807) is 31.0 Å². The van der Waals surface area contributed by atoms with Crippen molar-refractivity contribution in [2.45, 2.75) is 17.9 Å². The predicted molar refractivity (Wildman–Crippen MR) is 74.6 cm³/mol. The Kier molecular flexibility index (Phi) is 4.70. The van der Waals surface area contributed by atoms with Crippen molar-refractivity contribution >= 4 is 21.4 Å². The molecular weight excluding hydrogens is 284 g/mol. The number of hydrogen-bond acceptors (Lipinski definition) is 5. The normalized spacial score (nSPS) is 11.8. The Labute approximate surface area is 116 Å². The summed E-state index contributed by atoms with van der Waals surface area (Å²) in [6.45, 7) is 0.897. The Morgan fingerprint density at radius 1 is 1.47 bits per heavy atom. The molecule has 0 spiro atoms. The van der Waals surface area contributed by atoms with Crippen molar-refractivity contribution in [3.8, 4) is 0 Å². The van der Waals surface area contributed by atoms with E-state index in [0.717, 1.165) is 10.6 Å². The maximum Gasteiger partial charge on any atom is 0.241 e. The molecule has 0 aromatic carbocycles. The third kappa shape index (κ3) is 3.63. The van der Waals surface area contributed by atoms with Crippen molar-refractivity contribution in [3.05, 3.63) is 34.5 Å². The quantitative estimate of drug-likeness (QED) is 0.703. The number of imidazole rings is 1. The van der Waals surface area contributed by atoms with Gasteiger partial charge in [-0.05, 0) is 18.5 Å². The van der Waals surface area contributed by atoms with Gasteiger partial charge in [0.05, 0.1) is 11.2 Å². The second-order valence-corrected chi connectivity index (χ2v) is 6.70. The van der Waals surface area contributed by atoms with Crippen LogP contribution in [-0.4, -0.2) is 32.0 Å². The third-order valence-electron chi connectivity index (χ3n) is 2.57. The van der Waals surface area contributed by atoms with Crippen LogP contribution in [0.15, 0.2) is 28.9 Å². The molecule has 19 heavy (non-hydrogen) atoms. The number of hydrogen-bond donors (Lipinski definition) is 3. The summed E-state index contributed by atoms with van der Waals surface area (Å²) in [6, 6.07) is 1.63. The average Bonchev–Trinajstić information content (AvgIpc) is 3.00. The smallest absolute Gasteiger partial charge is 0.241 e. The number of thiophene rings is 1. The summed E-state index contributed by atoms with van der Waals surface area (Å²) in [5, 5.41) is 4.75. The van der Waals surface area contributed by atoms with E-state index in [-0.39, 0.29) is 0 Å². The van der Waals surface area contributed by atoms with E-state index in [0.29, 0.717) is 24.4 Å². The van der Waals surface area contributed by atoms with Crippen LogP contribution in [0.4, 0.5) is 0 Å². The zero-order chi connectivity index (χ0) is 13.7. The molecule has 0 aliphatic heterocycles. The molecule has 0 saturated carbocycles. The predicted octanol–water partition coefficient (Wildman–Crippen LogP) is 0.712. The molecule has 6 nitrogen and oxygen atoms in total. The fourth-order valence-corrected chi connectivity index (χ4v) is 4.16. The summed E-state index contributed by atoms with van der Waals surface area (Å²) < 4.78 is 26.9. The van der Waals surface area contributed by atoms with E-state index in [2.05, 4.69) is 20.0 Å². The highest BCUT2D eigenvalue weighted by molar-refractivity contribution is 7.89. The maximum atomic E-state index is 12.2. The highest BCUT2D eigenvalue weighted by Crippen LogP contribution is 2.21. The first-order chi connectivity index (χ1) is 9.13. The van der Waals surface area contributed by atoms with Crippen molar-refractivity contribution in [1.29, 1.82) is 0 Å². The number of rotatable bonds is 7. The summed E-state index contributed by atoms with van der Waals surface area (Å²) in [5.74, 6) is 0. The van der Waals surface area contributed by atoms with Crippen molar-refractivity contribution in [2.24, 2.45) is 0 Å². The van der Waals surface area contributed by atoms with Gasteiger partial charge >= 0.3 is 0 Å². The maximum absolute atomic E-state index is 12.2. The van der Waals surface area contributed by atoms with Gasteiger partial charge in [-0.2, -0.15) is 0 Å². The van der Waals surface area contributed by atoms with Gasteiger partial charge in [-0.3, -0.25) is 0 Å². The molecule has 0 atom stereocenters. The van der Waals surface area contributed by atoms with Gasteiger partial charge in [0.15, 0.2) is 0 Å². The van der Waals surface area contributed by atoms with Crippen LogP contribution in [0.5, 0.6) is 0 Å². The van der Waals surface area contributed by atoms with Crippen LogP contribution in [0.3, 0.4) is 0 Å². The zero-order valence-electron chi connectivity index (χ0n) is 10.5. The first-order valence-corrected chi connectivity index (χ1v) is 8.17. The molecule has 0 saturated heterocycles. The molecule has 0 bridgehead atoms. The highest BCUT2D eigenvalue weighted by Gasteiger charge is 2.18. The number of aromatic nitrogens is 2. The molecule has 0 amide bonds.